The summed E-state index contributed by atoms with van der Waals surface area (Å²) < 4.78 is 5.20. The van der Waals surface area contributed by atoms with Gasteiger partial charge >= 0.3 is 0 Å². The minimum atomic E-state index is 0.402. The highest BCUT2D eigenvalue weighted by Gasteiger charge is 2.34. The van der Waals surface area contributed by atoms with Gasteiger partial charge in [0.1, 0.15) is 0 Å². The number of ether oxygens (including phenoxy) is 1. The highest BCUT2D eigenvalue weighted by Crippen LogP contribution is 2.34. The predicted octanol–water partition coefficient (Wildman–Crippen LogP) is 2.83. The lowest BCUT2D eigenvalue weighted by Gasteiger charge is -2.36. The van der Waals surface area contributed by atoms with Crippen molar-refractivity contribution in [2.24, 2.45) is 5.41 Å². The van der Waals surface area contributed by atoms with Crippen LogP contribution in [0.3, 0.4) is 0 Å². The van der Waals surface area contributed by atoms with Crippen LogP contribution < -0.4 is 0 Å². The molecule has 1 fully saturated rings. The first-order chi connectivity index (χ1) is 7.71. The summed E-state index contributed by atoms with van der Waals surface area (Å²) >= 11 is 4.56. The average molecular weight is 245 g/mol. The Bertz CT molecular complexity index is 182. The Morgan fingerprint density at radius 3 is 2.31 bits per heavy atom. The maximum Gasteiger partial charge on any atom is 0.0589 e. The first-order valence-electron chi connectivity index (χ1n) is 6.55. The number of hydrogen-bond donors (Lipinski definition) is 1. The van der Waals surface area contributed by atoms with E-state index in [1.807, 2.05) is 0 Å². The van der Waals surface area contributed by atoms with Crippen molar-refractivity contribution >= 4 is 12.6 Å². The second kappa shape index (κ2) is 6.87. The first-order valence-corrected chi connectivity index (χ1v) is 7.18. The number of thiol groups is 1. The van der Waals surface area contributed by atoms with Crippen molar-refractivity contribution < 1.29 is 4.74 Å². The van der Waals surface area contributed by atoms with Gasteiger partial charge in [0.2, 0.25) is 0 Å². The number of rotatable bonds is 9. The van der Waals surface area contributed by atoms with Gasteiger partial charge in [0.05, 0.1) is 6.61 Å². The van der Waals surface area contributed by atoms with Crippen LogP contribution in [0.2, 0.25) is 0 Å². The molecule has 0 atom stereocenters. The third-order valence-corrected chi connectivity index (χ3v) is 4.69. The van der Waals surface area contributed by atoms with Gasteiger partial charge in [-0.2, -0.15) is 12.6 Å². The molecule has 1 rings (SSSR count). The third kappa shape index (κ3) is 3.94. The molecule has 0 saturated heterocycles. The van der Waals surface area contributed by atoms with Crippen LogP contribution in [0.5, 0.6) is 0 Å². The van der Waals surface area contributed by atoms with Gasteiger partial charge in [0, 0.05) is 26.2 Å². The smallest absolute Gasteiger partial charge is 0.0589 e. The van der Waals surface area contributed by atoms with Gasteiger partial charge in [-0.25, -0.2) is 0 Å². The summed E-state index contributed by atoms with van der Waals surface area (Å²) in [6.45, 7) is 7.71. The van der Waals surface area contributed by atoms with Gasteiger partial charge in [-0.1, -0.05) is 13.8 Å². The first kappa shape index (κ1) is 14.3. The van der Waals surface area contributed by atoms with Crippen LogP contribution in [0.15, 0.2) is 0 Å². The van der Waals surface area contributed by atoms with E-state index in [2.05, 4.69) is 31.4 Å². The average Bonchev–Trinajstić information content (AvgIpc) is 3.15. The second-order valence-corrected chi connectivity index (χ2v) is 5.38. The Morgan fingerprint density at radius 2 is 1.94 bits per heavy atom. The van der Waals surface area contributed by atoms with Crippen molar-refractivity contribution in [2.45, 2.75) is 45.6 Å². The molecule has 0 spiro atoms. The van der Waals surface area contributed by atoms with Crippen molar-refractivity contribution in [3.8, 4) is 0 Å². The van der Waals surface area contributed by atoms with Gasteiger partial charge in [-0.05, 0) is 36.9 Å². The molecule has 0 heterocycles. The summed E-state index contributed by atoms with van der Waals surface area (Å²) in [7, 11) is 1.79. The summed E-state index contributed by atoms with van der Waals surface area (Å²) in [6.07, 6.45) is 5.20. The van der Waals surface area contributed by atoms with E-state index in [1.165, 1.54) is 32.2 Å². The maximum atomic E-state index is 5.20. The Hall–Kier alpha value is 0.270. The lowest BCUT2D eigenvalue weighted by atomic mass is 9.83. The summed E-state index contributed by atoms with van der Waals surface area (Å²) in [5.41, 5.74) is 0.402. The molecule has 96 valence electrons. The molecule has 2 nitrogen and oxygen atoms in total. The fourth-order valence-corrected chi connectivity index (χ4v) is 2.76. The van der Waals surface area contributed by atoms with Gasteiger partial charge in [0.25, 0.3) is 0 Å². The molecule has 0 aromatic heterocycles. The third-order valence-electron chi connectivity index (χ3n) is 4.02. The molecule has 0 aromatic carbocycles. The molecule has 0 aliphatic heterocycles. The quantitative estimate of drug-likeness (QED) is 0.627. The maximum absolute atomic E-state index is 5.20. The fourth-order valence-electron chi connectivity index (χ4n) is 2.22. The van der Waals surface area contributed by atoms with E-state index in [0.717, 1.165) is 24.9 Å². The monoisotopic (exact) mass is 245 g/mol. The zero-order valence-electron chi connectivity index (χ0n) is 11.0. The summed E-state index contributed by atoms with van der Waals surface area (Å²) in [6, 6.07) is 0.826. The molecule has 16 heavy (non-hydrogen) atoms. The van der Waals surface area contributed by atoms with Crippen LogP contribution in [0.4, 0.5) is 0 Å². The molecule has 1 aliphatic carbocycles. The molecule has 0 amide bonds. The molecule has 1 saturated carbocycles. The Labute approximate surface area is 106 Å². The minimum Gasteiger partial charge on any atom is -0.383 e. The predicted molar refractivity (Wildman–Crippen MR) is 73.3 cm³/mol. The number of hydrogen-bond acceptors (Lipinski definition) is 3. The largest absolute Gasteiger partial charge is 0.383 e. The van der Waals surface area contributed by atoms with Crippen LogP contribution >= 0.6 is 12.6 Å². The fraction of sp³-hybridized carbons (Fsp3) is 1.00. The van der Waals surface area contributed by atoms with Crippen molar-refractivity contribution in [3.05, 3.63) is 0 Å². The molecule has 1 aliphatic rings. The summed E-state index contributed by atoms with van der Waals surface area (Å²) in [4.78, 5) is 2.62. The highest BCUT2D eigenvalue weighted by molar-refractivity contribution is 7.80. The topological polar surface area (TPSA) is 12.5 Å². The van der Waals surface area contributed by atoms with Crippen molar-refractivity contribution in [1.82, 2.24) is 4.90 Å². The van der Waals surface area contributed by atoms with Crippen LogP contribution in [-0.4, -0.2) is 43.5 Å². The number of nitrogens with zero attached hydrogens (tertiary/aromatic N) is 1. The molecule has 0 aromatic rings. The Balaban J connectivity index is 2.50. The number of methoxy groups -OCH3 is 1. The zero-order chi connectivity index (χ0) is 12.0. The Kier molecular flexibility index (Phi) is 6.16. The van der Waals surface area contributed by atoms with E-state index in [4.69, 9.17) is 4.74 Å². The molecule has 3 heteroatoms. The van der Waals surface area contributed by atoms with E-state index in [9.17, 15) is 0 Å². The lowest BCUT2D eigenvalue weighted by molar-refractivity contribution is 0.104. The van der Waals surface area contributed by atoms with Crippen LogP contribution in [0, 0.1) is 5.41 Å². The molecule has 0 N–H and O–H groups in total. The van der Waals surface area contributed by atoms with Gasteiger partial charge in [-0.15, -0.1) is 0 Å². The van der Waals surface area contributed by atoms with Crippen molar-refractivity contribution in [3.63, 3.8) is 0 Å². The standard InChI is InChI=1S/C13H27NOS/c1-4-13(5-2,11-16)10-14(8-9-15-3)12-6-7-12/h12,16H,4-11H2,1-3H3. The SMILES string of the molecule is CCC(CC)(CS)CN(CCOC)C1CC1. The van der Waals surface area contributed by atoms with Crippen molar-refractivity contribution in [2.75, 3.05) is 32.6 Å². The summed E-state index contributed by atoms with van der Waals surface area (Å²) in [5.74, 6) is 0.996. The van der Waals surface area contributed by atoms with Gasteiger partial charge in [-0.3, -0.25) is 4.90 Å². The molecule has 0 unspecified atom stereocenters. The summed E-state index contributed by atoms with van der Waals surface area (Å²) in [5, 5.41) is 0. The normalized spacial score (nSPS) is 17.1. The van der Waals surface area contributed by atoms with Crippen molar-refractivity contribution in [1.29, 1.82) is 0 Å². The van der Waals surface area contributed by atoms with E-state index in [-0.39, 0.29) is 0 Å². The van der Waals surface area contributed by atoms with E-state index >= 15 is 0 Å². The second-order valence-electron chi connectivity index (χ2n) is 5.06. The molecular formula is C13H27NOS. The highest BCUT2D eigenvalue weighted by atomic mass is 32.1. The van der Waals surface area contributed by atoms with Crippen LogP contribution in [0.1, 0.15) is 39.5 Å². The van der Waals surface area contributed by atoms with Crippen LogP contribution in [-0.2, 0) is 4.74 Å². The van der Waals surface area contributed by atoms with Crippen LogP contribution in [0.25, 0.3) is 0 Å². The molecule has 0 bridgehead atoms. The van der Waals surface area contributed by atoms with E-state index in [0.29, 0.717) is 5.41 Å². The van der Waals surface area contributed by atoms with Gasteiger partial charge in [0.15, 0.2) is 0 Å². The minimum absolute atomic E-state index is 0.402. The molecule has 0 radical (unpaired) electrons. The zero-order valence-corrected chi connectivity index (χ0v) is 11.9. The lowest BCUT2D eigenvalue weighted by Crippen LogP contribution is -2.41. The van der Waals surface area contributed by atoms with E-state index < -0.39 is 0 Å². The van der Waals surface area contributed by atoms with Gasteiger partial charge < -0.3 is 4.74 Å². The molecular weight excluding hydrogens is 218 g/mol. The van der Waals surface area contributed by atoms with E-state index in [1.54, 1.807) is 7.11 Å². The Morgan fingerprint density at radius 1 is 1.31 bits per heavy atom.